The van der Waals surface area contributed by atoms with E-state index in [0.717, 1.165) is 10.8 Å². The van der Waals surface area contributed by atoms with Gasteiger partial charge >= 0.3 is 5.97 Å². The van der Waals surface area contributed by atoms with Gasteiger partial charge in [0, 0.05) is 17.3 Å². The highest BCUT2D eigenvalue weighted by Gasteiger charge is 2.02. The van der Waals surface area contributed by atoms with Crippen molar-refractivity contribution in [2.24, 2.45) is 0 Å². The summed E-state index contributed by atoms with van der Waals surface area (Å²) in [4.78, 5) is 14.7. The number of benzene rings is 1. The fourth-order valence-electron chi connectivity index (χ4n) is 1.10. The molecule has 0 saturated carbocycles. The third-order valence-corrected chi connectivity index (χ3v) is 2.50. The van der Waals surface area contributed by atoms with Crippen LogP contribution in [0.1, 0.15) is 10.4 Å². The number of hydrogen-bond donors (Lipinski definition) is 2. The summed E-state index contributed by atoms with van der Waals surface area (Å²) in [5.41, 5.74) is 1.11. The Morgan fingerprint density at radius 1 is 1.33 bits per heavy atom. The van der Waals surface area contributed by atoms with Crippen molar-refractivity contribution < 1.29 is 9.90 Å². The molecule has 4 nitrogen and oxygen atoms in total. The number of aromatic carboxylic acids is 1. The number of carboxylic acid groups (broad SMARTS) is 1. The van der Waals surface area contributed by atoms with Gasteiger partial charge in [-0.25, -0.2) is 9.78 Å². The largest absolute Gasteiger partial charge is 0.478 e. The van der Waals surface area contributed by atoms with Gasteiger partial charge in [-0.2, -0.15) is 0 Å². The summed E-state index contributed by atoms with van der Waals surface area (Å²) in [5.74, 6) is -0.921. The number of carboxylic acids is 1. The van der Waals surface area contributed by atoms with Crippen LogP contribution in [-0.4, -0.2) is 16.1 Å². The fraction of sp³-hybridized carbons (Fsp3) is 0. The highest BCUT2D eigenvalue weighted by molar-refractivity contribution is 7.13. The summed E-state index contributed by atoms with van der Waals surface area (Å²) in [5, 5.41) is 14.4. The van der Waals surface area contributed by atoms with Crippen molar-refractivity contribution in [3.8, 4) is 0 Å². The predicted molar refractivity (Wildman–Crippen MR) is 58.8 cm³/mol. The molecule has 1 aromatic carbocycles. The lowest BCUT2D eigenvalue weighted by molar-refractivity contribution is 0.0697. The van der Waals surface area contributed by atoms with Crippen LogP contribution in [0.3, 0.4) is 0 Å². The van der Waals surface area contributed by atoms with E-state index in [4.69, 9.17) is 5.11 Å². The molecule has 1 aromatic heterocycles. The van der Waals surface area contributed by atoms with Gasteiger partial charge < -0.3 is 10.4 Å². The van der Waals surface area contributed by atoms with Crippen molar-refractivity contribution in [2.75, 3.05) is 5.32 Å². The lowest BCUT2D eigenvalue weighted by Gasteiger charge is -2.02. The van der Waals surface area contributed by atoms with Crippen molar-refractivity contribution in [3.05, 3.63) is 41.4 Å². The first-order valence-electron chi connectivity index (χ1n) is 4.25. The first-order chi connectivity index (χ1) is 7.25. The Kier molecular flexibility index (Phi) is 2.64. The Morgan fingerprint density at radius 2 is 2.07 bits per heavy atom. The molecule has 5 heteroatoms. The van der Waals surface area contributed by atoms with E-state index in [1.54, 1.807) is 30.5 Å². The Hall–Kier alpha value is -1.88. The molecule has 0 fully saturated rings. The first kappa shape index (κ1) is 9.67. The van der Waals surface area contributed by atoms with Gasteiger partial charge in [0.1, 0.15) is 0 Å². The van der Waals surface area contributed by atoms with E-state index < -0.39 is 5.97 Å². The summed E-state index contributed by atoms with van der Waals surface area (Å²) in [7, 11) is 0. The zero-order chi connectivity index (χ0) is 10.7. The van der Waals surface area contributed by atoms with Gasteiger partial charge in [0.2, 0.25) is 0 Å². The molecule has 0 unspecified atom stereocenters. The molecule has 0 aliphatic carbocycles. The number of aromatic nitrogens is 1. The second-order valence-corrected chi connectivity index (χ2v) is 3.74. The van der Waals surface area contributed by atoms with Crippen LogP contribution in [0.2, 0.25) is 0 Å². The van der Waals surface area contributed by atoms with E-state index >= 15 is 0 Å². The lowest BCUT2D eigenvalue weighted by atomic mass is 10.2. The van der Waals surface area contributed by atoms with Crippen LogP contribution in [0.4, 0.5) is 10.8 Å². The van der Waals surface area contributed by atoms with Gasteiger partial charge in [0.25, 0.3) is 0 Å². The van der Waals surface area contributed by atoms with E-state index in [1.165, 1.54) is 11.3 Å². The Morgan fingerprint density at radius 3 is 2.60 bits per heavy atom. The zero-order valence-corrected chi connectivity index (χ0v) is 8.49. The zero-order valence-electron chi connectivity index (χ0n) is 7.68. The van der Waals surface area contributed by atoms with E-state index in [2.05, 4.69) is 10.3 Å². The summed E-state index contributed by atoms with van der Waals surface area (Å²) in [6.07, 6.45) is 1.71. The predicted octanol–water partition coefficient (Wildman–Crippen LogP) is 2.58. The van der Waals surface area contributed by atoms with Gasteiger partial charge in [0.05, 0.1) is 5.56 Å². The molecule has 2 aromatic rings. The average molecular weight is 220 g/mol. The van der Waals surface area contributed by atoms with Gasteiger partial charge in [-0.05, 0) is 24.3 Å². The molecule has 2 N–H and O–H groups in total. The van der Waals surface area contributed by atoms with Crippen LogP contribution in [0.25, 0.3) is 0 Å². The third-order valence-electron chi connectivity index (χ3n) is 1.82. The van der Waals surface area contributed by atoms with Crippen LogP contribution < -0.4 is 5.32 Å². The molecule has 0 saturated heterocycles. The third kappa shape index (κ3) is 2.32. The highest BCUT2D eigenvalue weighted by Crippen LogP contribution is 2.18. The van der Waals surface area contributed by atoms with Gasteiger partial charge in [-0.3, -0.25) is 0 Å². The molecular formula is C10H8N2O2S. The second kappa shape index (κ2) is 4.10. The van der Waals surface area contributed by atoms with Gasteiger partial charge in [-0.15, -0.1) is 11.3 Å². The van der Waals surface area contributed by atoms with Crippen molar-refractivity contribution >= 4 is 28.1 Å². The normalized spacial score (nSPS) is 9.87. The molecule has 0 aliphatic heterocycles. The molecular weight excluding hydrogens is 212 g/mol. The monoisotopic (exact) mass is 220 g/mol. The van der Waals surface area contributed by atoms with Crippen LogP contribution in [-0.2, 0) is 0 Å². The van der Waals surface area contributed by atoms with Gasteiger partial charge in [0.15, 0.2) is 5.13 Å². The number of nitrogens with one attached hydrogen (secondary N) is 1. The van der Waals surface area contributed by atoms with Crippen molar-refractivity contribution in [2.45, 2.75) is 0 Å². The smallest absolute Gasteiger partial charge is 0.335 e. The quantitative estimate of drug-likeness (QED) is 0.834. The lowest BCUT2D eigenvalue weighted by Crippen LogP contribution is -1.96. The van der Waals surface area contributed by atoms with Crippen molar-refractivity contribution in [3.63, 3.8) is 0 Å². The van der Waals surface area contributed by atoms with Crippen LogP contribution in [0.5, 0.6) is 0 Å². The SMILES string of the molecule is O=C(O)c1ccc(Nc2nccs2)cc1. The van der Waals surface area contributed by atoms with Crippen LogP contribution in [0.15, 0.2) is 35.8 Å². The number of hydrogen-bond acceptors (Lipinski definition) is 4. The number of anilines is 2. The minimum Gasteiger partial charge on any atom is -0.478 e. The van der Waals surface area contributed by atoms with E-state index in [9.17, 15) is 4.79 Å². The maximum atomic E-state index is 10.6. The highest BCUT2D eigenvalue weighted by atomic mass is 32.1. The van der Waals surface area contributed by atoms with E-state index in [0.29, 0.717) is 0 Å². The summed E-state index contributed by atoms with van der Waals surface area (Å²) in [6, 6.07) is 6.53. The van der Waals surface area contributed by atoms with Crippen LogP contribution in [0, 0.1) is 0 Å². The minimum atomic E-state index is -0.921. The maximum Gasteiger partial charge on any atom is 0.335 e. The number of carbonyl (C=O) groups is 1. The number of rotatable bonds is 3. The molecule has 0 amide bonds. The first-order valence-corrected chi connectivity index (χ1v) is 5.13. The number of thiazole rings is 1. The minimum absolute atomic E-state index is 0.277. The molecule has 0 spiro atoms. The molecule has 0 aliphatic rings. The summed E-state index contributed by atoms with van der Waals surface area (Å²) < 4.78 is 0. The van der Waals surface area contributed by atoms with Gasteiger partial charge in [-0.1, -0.05) is 0 Å². The van der Waals surface area contributed by atoms with Crippen LogP contribution >= 0.6 is 11.3 Å². The molecule has 0 atom stereocenters. The standard InChI is InChI=1S/C10H8N2O2S/c13-9(14)7-1-3-8(4-2-7)12-10-11-5-6-15-10/h1-6H,(H,11,12)(H,13,14). The Balaban J connectivity index is 2.14. The Labute approximate surface area is 90.2 Å². The summed E-state index contributed by atoms with van der Waals surface area (Å²) >= 11 is 1.49. The molecule has 0 bridgehead atoms. The summed E-state index contributed by atoms with van der Waals surface area (Å²) in [6.45, 7) is 0. The molecule has 1 heterocycles. The maximum absolute atomic E-state index is 10.6. The Bertz CT molecular complexity index is 451. The second-order valence-electron chi connectivity index (χ2n) is 2.84. The fourth-order valence-corrected chi connectivity index (χ4v) is 1.65. The van der Waals surface area contributed by atoms with Crippen molar-refractivity contribution in [1.29, 1.82) is 0 Å². The van der Waals surface area contributed by atoms with Crippen molar-refractivity contribution in [1.82, 2.24) is 4.98 Å². The molecule has 0 radical (unpaired) electrons. The van der Waals surface area contributed by atoms with E-state index in [1.807, 2.05) is 5.38 Å². The van der Waals surface area contributed by atoms with E-state index in [-0.39, 0.29) is 5.56 Å². The molecule has 2 rings (SSSR count). The molecule has 15 heavy (non-hydrogen) atoms. The molecule has 76 valence electrons. The number of nitrogens with zero attached hydrogens (tertiary/aromatic N) is 1. The topological polar surface area (TPSA) is 62.2 Å². The average Bonchev–Trinajstić information content (AvgIpc) is 2.71.